The highest BCUT2D eigenvalue weighted by atomic mass is 19.4. The molecule has 4 nitrogen and oxygen atoms in total. The van der Waals surface area contributed by atoms with Gasteiger partial charge < -0.3 is 14.0 Å². The molecule has 0 saturated carbocycles. The average Bonchev–Trinajstić information content (AvgIpc) is 2.57. The molecule has 0 atom stereocenters. The Kier molecular flexibility index (Phi) is 4.22. The predicted molar refractivity (Wildman–Crippen MR) is 80.7 cm³/mol. The minimum Gasteiger partial charge on any atom is -0.462 e. The van der Waals surface area contributed by atoms with Crippen LogP contribution in [0, 0.1) is 0 Å². The van der Waals surface area contributed by atoms with Crippen LogP contribution in [0.4, 0.5) is 13.2 Å². The van der Waals surface area contributed by atoms with Crippen LogP contribution in [0.25, 0.3) is 0 Å². The van der Waals surface area contributed by atoms with Crippen LogP contribution in [0.2, 0.25) is 0 Å². The maximum Gasteiger partial charge on any atom is 0.500 e. The monoisotopic (exact) mass is 331 g/mol. The largest absolute Gasteiger partial charge is 0.500 e. The molecule has 128 valence electrons. The Bertz CT molecular complexity index is 572. The van der Waals surface area contributed by atoms with Gasteiger partial charge in [-0.1, -0.05) is 6.07 Å². The highest BCUT2D eigenvalue weighted by Crippen LogP contribution is 2.38. The minimum atomic E-state index is -4.53. The first-order valence-electron chi connectivity index (χ1n) is 7.33. The van der Waals surface area contributed by atoms with E-state index in [2.05, 4.69) is 4.98 Å². The van der Waals surface area contributed by atoms with Crippen molar-refractivity contribution in [3.8, 4) is 5.88 Å². The molecule has 1 aromatic heterocycles. The summed E-state index contributed by atoms with van der Waals surface area (Å²) < 4.78 is 56.1. The van der Waals surface area contributed by atoms with E-state index in [1.807, 2.05) is 27.7 Å². The number of nitrogens with zero attached hydrogens (tertiary/aromatic N) is 1. The highest BCUT2D eigenvalue weighted by Gasteiger charge is 2.54. The lowest BCUT2D eigenvalue weighted by molar-refractivity contribution is -0.235. The molecule has 23 heavy (non-hydrogen) atoms. The highest BCUT2D eigenvalue weighted by molar-refractivity contribution is 6.63. The Hall–Kier alpha value is -1.28. The van der Waals surface area contributed by atoms with Gasteiger partial charge in [-0.15, -0.1) is 0 Å². The van der Waals surface area contributed by atoms with Crippen molar-refractivity contribution in [2.75, 3.05) is 0 Å². The fourth-order valence-corrected chi connectivity index (χ4v) is 1.94. The summed E-state index contributed by atoms with van der Waals surface area (Å²) in [4.78, 5) is 3.94. The molecular formula is C15H21BF3NO3. The van der Waals surface area contributed by atoms with Gasteiger partial charge >= 0.3 is 13.3 Å². The lowest BCUT2D eigenvalue weighted by Gasteiger charge is -2.32. The smallest absolute Gasteiger partial charge is 0.462 e. The number of hydrogen-bond donors (Lipinski definition) is 0. The summed E-state index contributed by atoms with van der Waals surface area (Å²) in [6, 6.07) is 3.20. The Labute approximate surface area is 134 Å². The van der Waals surface area contributed by atoms with Crippen LogP contribution < -0.4 is 10.2 Å². The number of aromatic nitrogens is 1. The molecule has 0 spiro atoms. The maximum atomic E-state index is 13.1. The molecule has 0 N–H and O–H groups in total. The fourth-order valence-electron chi connectivity index (χ4n) is 1.94. The van der Waals surface area contributed by atoms with Crippen LogP contribution in [0.5, 0.6) is 5.88 Å². The van der Waals surface area contributed by atoms with Gasteiger partial charge in [0.15, 0.2) is 5.60 Å². The molecule has 0 aliphatic carbocycles. The van der Waals surface area contributed by atoms with Gasteiger partial charge in [0, 0.05) is 11.7 Å². The van der Waals surface area contributed by atoms with E-state index >= 15 is 0 Å². The second-order valence-electron chi connectivity index (χ2n) is 7.10. The lowest BCUT2D eigenvalue weighted by atomic mass is 9.79. The fraction of sp³-hybridized carbons (Fsp3) is 0.667. The molecule has 1 saturated heterocycles. The van der Waals surface area contributed by atoms with Crippen LogP contribution in [0.1, 0.15) is 41.5 Å². The lowest BCUT2D eigenvalue weighted by Crippen LogP contribution is -2.47. The van der Waals surface area contributed by atoms with Gasteiger partial charge in [0.25, 0.3) is 0 Å². The van der Waals surface area contributed by atoms with Gasteiger partial charge in [-0.3, -0.25) is 0 Å². The third kappa shape index (κ3) is 3.33. The zero-order valence-corrected chi connectivity index (χ0v) is 14.1. The summed E-state index contributed by atoms with van der Waals surface area (Å²) >= 11 is 0. The first kappa shape index (κ1) is 18.1. The molecule has 0 bridgehead atoms. The first-order valence-corrected chi connectivity index (χ1v) is 7.33. The van der Waals surface area contributed by atoms with E-state index < -0.39 is 30.1 Å². The summed E-state index contributed by atoms with van der Waals surface area (Å²) in [6.07, 6.45) is -3.16. The molecule has 1 aromatic rings. The van der Waals surface area contributed by atoms with Crippen LogP contribution in [0.15, 0.2) is 18.3 Å². The normalized spacial score (nSPS) is 20.7. The molecule has 2 rings (SSSR count). The van der Waals surface area contributed by atoms with Gasteiger partial charge in [-0.2, -0.15) is 13.2 Å². The summed E-state index contributed by atoms with van der Waals surface area (Å²) in [7, 11) is -0.840. The standard InChI is InChI=1S/C15H21BF3NO3/c1-12(2)13(3,4)23-16(22-12)10-8-7-9-20-11(10)21-14(5,6)15(17,18)19/h7-9H,1-6H3. The summed E-state index contributed by atoms with van der Waals surface area (Å²) in [5.74, 6) is -0.145. The van der Waals surface area contributed by atoms with Crippen LogP contribution in [0.3, 0.4) is 0 Å². The molecule has 0 aromatic carbocycles. The Morgan fingerprint density at radius 2 is 1.61 bits per heavy atom. The van der Waals surface area contributed by atoms with E-state index in [0.717, 1.165) is 13.8 Å². The van der Waals surface area contributed by atoms with Gasteiger partial charge in [0.05, 0.1) is 11.2 Å². The molecule has 0 unspecified atom stereocenters. The number of hydrogen-bond acceptors (Lipinski definition) is 4. The quantitative estimate of drug-likeness (QED) is 0.798. The number of halogens is 3. The maximum absolute atomic E-state index is 13.1. The van der Waals surface area contributed by atoms with Crippen LogP contribution in [-0.2, 0) is 9.31 Å². The van der Waals surface area contributed by atoms with E-state index in [0.29, 0.717) is 5.46 Å². The summed E-state index contributed by atoms with van der Waals surface area (Å²) in [6.45, 7) is 9.37. The average molecular weight is 331 g/mol. The SMILES string of the molecule is CC(C)(Oc1ncccc1B1OC(C)(C)C(C)(C)O1)C(F)(F)F. The van der Waals surface area contributed by atoms with E-state index in [4.69, 9.17) is 14.0 Å². The Morgan fingerprint density at radius 1 is 1.09 bits per heavy atom. The van der Waals surface area contributed by atoms with Crippen molar-refractivity contribution in [1.82, 2.24) is 4.98 Å². The third-order valence-corrected chi connectivity index (χ3v) is 4.34. The second kappa shape index (κ2) is 5.38. The van der Waals surface area contributed by atoms with Gasteiger partial charge in [-0.05, 0) is 47.6 Å². The van der Waals surface area contributed by atoms with Crippen molar-refractivity contribution in [1.29, 1.82) is 0 Å². The van der Waals surface area contributed by atoms with E-state index in [1.54, 1.807) is 12.1 Å². The zero-order chi connectivity index (χ0) is 17.7. The van der Waals surface area contributed by atoms with E-state index in [9.17, 15) is 13.2 Å². The Balaban J connectivity index is 2.33. The van der Waals surface area contributed by atoms with Gasteiger partial charge in [0.1, 0.15) is 0 Å². The molecule has 1 aliphatic rings. The molecule has 0 amide bonds. The van der Waals surface area contributed by atoms with Gasteiger partial charge in [0.2, 0.25) is 5.88 Å². The predicted octanol–water partition coefficient (Wildman–Crippen LogP) is 3.10. The number of pyridine rings is 1. The van der Waals surface area contributed by atoms with Crippen molar-refractivity contribution < 1.29 is 27.2 Å². The molecular weight excluding hydrogens is 310 g/mol. The molecule has 1 aliphatic heterocycles. The van der Waals surface area contributed by atoms with Crippen molar-refractivity contribution in [3.63, 3.8) is 0 Å². The van der Waals surface area contributed by atoms with Crippen LogP contribution in [-0.4, -0.2) is 35.1 Å². The minimum absolute atomic E-state index is 0.145. The van der Waals surface area contributed by atoms with Crippen molar-refractivity contribution in [2.24, 2.45) is 0 Å². The van der Waals surface area contributed by atoms with Crippen LogP contribution >= 0.6 is 0 Å². The third-order valence-electron chi connectivity index (χ3n) is 4.34. The van der Waals surface area contributed by atoms with Crippen molar-refractivity contribution >= 4 is 12.6 Å². The zero-order valence-electron chi connectivity index (χ0n) is 14.1. The molecule has 1 fully saturated rings. The van der Waals surface area contributed by atoms with Crippen molar-refractivity contribution in [2.45, 2.75) is 64.5 Å². The van der Waals surface area contributed by atoms with E-state index in [1.165, 1.54) is 6.20 Å². The summed E-state index contributed by atoms with van der Waals surface area (Å²) in [5, 5.41) is 0. The number of alkyl halides is 3. The first-order chi connectivity index (χ1) is 10.3. The number of rotatable bonds is 3. The van der Waals surface area contributed by atoms with Crippen molar-refractivity contribution in [3.05, 3.63) is 18.3 Å². The topological polar surface area (TPSA) is 40.6 Å². The molecule has 0 radical (unpaired) electrons. The molecule has 8 heteroatoms. The number of ether oxygens (including phenoxy) is 1. The Morgan fingerprint density at radius 3 is 2.09 bits per heavy atom. The molecule has 2 heterocycles. The second-order valence-corrected chi connectivity index (χ2v) is 7.10. The summed E-state index contributed by atoms with van der Waals surface area (Å²) in [5.41, 5.74) is -3.25. The van der Waals surface area contributed by atoms with Gasteiger partial charge in [-0.25, -0.2) is 4.98 Å². The van der Waals surface area contributed by atoms with E-state index in [-0.39, 0.29) is 5.88 Å².